The molecule has 0 radical (unpaired) electrons. The largest absolute Gasteiger partial charge is 0.298 e. The second-order valence-electron chi connectivity index (χ2n) is 3.03. The first-order valence-electron chi connectivity index (χ1n) is 4.44. The summed E-state index contributed by atoms with van der Waals surface area (Å²) in [4.78, 5) is 15.8. The molecular weight excluding hydrogens is 375 g/mol. The lowest BCUT2D eigenvalue weighted by Gasteiger charge is -2.04. The van der Waals surface area contributed by atoms with Gasteiger partial charge in [-0.25, -0.2) is 9.37 Å². The molecule has 0 atom stereocenters. The van der Waals surface area contributed by atoms with Gasteiger partial charge >= 0.3 is 0 Å². The molecule has 0 fully saturated rings. The minimum atomic E-state index is -0.474. The Labute approximate surface area is 117 Å². The third kappa shape index (κ3) is 2.91. The van der Waals surface area contributed by atoms with E-state index >= 15 is 0 Å². The zero-order valence-electron chi connectivity index (χ0n) is 8.21. The lowest BCUT2D eigenvalue weighted by Crippen LogP contribution is -2.12. The second-order valence-corrected chi connectivity index (χ2v) is 6.23. The van der Waals surface area contributed by atoms with E-state index in [1.165, 1.54) is 29.5 Å². The van der Waals surface area contributed by atoms with Crippen molar-refractivity contribution in [3.8, 4) is 0 Å². The van der Waals surface area contributed by atoms with Gasteiger partial charge in [0.05, 0.1) is 20.0 Å². The van der Waals surface area contributed by atoms with Crippen molar-refractivity contribution in [3.63, 3.8) is 0 Å². The fraction of sp³-hybridized carbons (Fsp3) is 0. The number of aromatic nitrogens is 1. The maximum atomic E-state index is 13.2. The Morgan fingerprint density at radius 1 is 1.41 bits per heavy atom. The van der Waals surface area contributed by atoms with E-state index in [-0.39, 0.29) is 10.0 Å². The Morgan fingerprint density at radius 3 is 2.82 bits per heavy atom. The van der Waals surface area contributed by atoms with Crippen molar-refractivity contribution in [3.05, 3.63) is 44.0 Å². The Morgan fingerprint density at radius 2 is 2.18 bits per heavy atom. The molecule has 0 saturated heterocycles. The number of amides is 1. The van der Waals surface area contributed by atoms with Crippen LogP contribution in [0.2, 0.25) is 0 Å². The first-order valence-corrected chi connectivity index (χ1v) is 6.85. The van der Waals surface area contributed by atoms with E-state index in [1.807, 2.05) is 0 Å². The number of anilines is 1. The minimum absolute atomic E-state index is 0.146. The summed E-state index contributed by atoms with van der Waals surface area (Å²) in [5.74, 6) is -0.879. The highest BCUT2D eigenvalue weighted by molar-refractivity contribution is 9.11. The smallest absolute Gasteiger partial charge is 0.258 e. The quantitative estimate of drug-likeness (QED) is 0.854. The molecule has 0 saturated carbocycles. The lowest BCUT2D eigenvalue weighted by atomic mass is 10.2. The number of halogens is 3. The van der Waals surface area contributed by atoms with Crippen LogP contribution < -0.4 is 5.32 Å². The summed E-state index contributed by atoms with van der Waals surface area (Å²) in [7, 11) is 0. The van der Waals surface area contributed by atoms with Crippen LogP contribution in [0, 0.1) is 5.82 Å². The first kappa shape index (κ1) is 12.7. The molecule has 1 aromatic heterocycles. The predicted octanol–water partition coefficient (Wildman–Crippen LogP) is 4.06. The Hall–Kier alpha value is -0.790. The Kier molecular flexibility index (Phi) is 3.90. The molecule has 0 aliphatic rings. The molecule has 88 valence electrons. The summed E-state index contributed by atoms with van der Waals surface area (Å²) in [5, 5.41) is 3.05. The summed E-state index contributed by atoms with van der Waals surface area (Å²) in [6.07, 6.45) is 1.58. The summed E-state index contributed by atoms with van der Waals surface area (Å²) >= 11 is 7.56. The summed E-state index contributed by atoms with van der Waals surface area (Å²) in [6, 6.07) is 4.29. The van der Waals surface area contributed by atoms with Gasteiger partial charge in [-0.3, -0.25) is 10.1 Å². The number of nitrogens with one attached hydrogen (secondary N) is 1. The van der Waals surface area contributed by atoms with Crippen LogP contribution >= 0.6 is 43.2 Å². The zero-order chi connectivity index (χ0) is 12.4. The Bertz CT molecular complexity index is 573. The molecule has 1 aromatic carbocycles. The van der Waals surface area contributed by atoms with Crippen LogP contribution in [0.4, 0.5) is 9.52 Å². The van der Waals surface area contributed by atoms with Crippen LogP contribution in [-0.4, -0.2) is 10.9 Å². The van der Waals surface area contributed by atoms with Gasteiger partial charge in [0.2, 0.25) is 0 Å². The van der Waals surface area contributed by atoms with Crippen molar-refractivity contribution >= 4 is 54.2 Å². The van der Waals surface area contributed by atoms with E-state index in [0.29, 0.717) is 5.13 Å². The van der Waals surface area contributed by atoms with Crippen molar-refractivity contribution in [2.24, 2.45) is 0 Å². The van der Waals surface area contributed by atoms with Crippen molar-refractivity contribution in [1.29, 1.82) is 0 Å². The average molecular weight is 380 g/mol. The molecule has 7 heteroatoms. The van der Waals surface area contributed by atoms with Gasteiger partial charge < -0.3 is 0 Å². The van der Waals surface area contributed by atoms with Gasteiger partial charge in [0.1, 0.15) is 5.82 Å². The van der Waals surface area contributed by atoms with E-state index in [9.17, 15) is 9.18 Å². The summed E-state index contributed by atoms with van der Waals surface area (Å²) < 4.78 is 14.2. The lowest BCUT2D eigenvalue weighted by molar-refractivity contribution is 0.102. The van der Waals surface area contributed by atoms with Crippen LogP contribution in [0.3, 0.4) is 0 Å². The number of benzene rings is 1. The molecule has 3 nitrogen and oxygen atoms in total. The van der Waals surface area contributed by atoms with Crippen molar-refractivity contribution in [2.45, 2.75) is 0 Å². The van der Waals surface area contributed by atoms with Gasteiger partial charge in [0.25, 0.3) is 5.91 Å². The highest BCUT2D eigenvalue weighted by Gasteiger charge is 2.14. The molecule has 0 unspecified atom stereocenters. The molecule has 0 aliphatic carbocycles. The standard InChI is InChI=1S/C10H5Br2FN2OS/c11-7-4-14-10(17-7)15-9(16)5-2-1-3-6(13)8(5)12/h1-4H,(H,14,15,16). The number of rotatable bonds is 2. The van der Waals surface area contributed by atoms with Gasteiger partial charge in [0, 0.05) is 0 Å². The second kappa shape index (κ2) is 5.24. The van der Waals surface area contributed by atoms with Crippen molar-refractivity contribution < 1.29 is 9.18 Å². The highest BCUT2D eigenvalue weighted by Crippen LogP contribution is 2.25. The molecule has 1 heterocycles. The Balaban J connectivity index is 2.23. The molecule has 2 aromatic rings. The van der Waals surface area contributed by atoms with Crippen LogP contribution in [0.25, 0.3) is 0 Å². The van der Waals surface area contributed by atoms with E-state index in [4.69, 9.17) is 0 Å². The van der Waals surface area contributed by atoms with E-state index in [0.717, 1.165) is 3.79 Å². The molecule has 2 rings (SSSR count). The fourth-order valence-corrected chi connectivity index (χ4v) is 2.70. The SMILES string of the molecule is O=C(Nc1ncc(Br)s1)c1cccc(F)c1Br. The van der Waals surface area contributed by atoms with Crippen molar-refractivity contribution in [1.82, 2.24) is 4.98 Å². The summed E-state index contributed by atoms with van der Waals surface area (Å²) in [6.45, 7) is 0. The van der Waals surface area contributed by atoms with Gasteiger partial charge in [-0.05, 0) is 44.0 Å². The van der Waals surface area contributed by atoms with E-state index in [1.54, 1.807) is 6.20 Å². The molecule has 0 bridgehead atoms. The third-order valence-corrected chi connectivity index (χ3v) is 4.09. The summed E-state index contributed by atoms with van der Waals surface area (Å²) in [5.41, 5.74) is 0.233. The van der Waals surface area contributed by atoms with Crippen molar-refractivity contribution in [2.75, 3.05) is 5.32 Å². The minimum Gasteiger partial charge on any atom is -0.298 e. The van der Waals surface area contributed by atoms with Crippen LogP contribution in [0.1, 0.15) is 10.4 Å². The molecule has 1 N–H and O–H groups in total. The maximum absolute atomic E-state index is 13.2. The van der Waals surface area contributed by atoms with Gasteiger partial charge in [-0.2, -0.15) is 0 Å². The molecule has 1 amide bonds. The number of hydrogen-bond acceptors (Lipinski definition) is 3. The predicted molar refractivity (Wildman–Crippen MR) is 71.9 cm³/mol. The third-order valence-electron chi connectivity index (χ3n) is 1.89. The average Bonchev–Trinajstić information content (AvgIpc) is 2.68. The van der Waals surface area contributed by atoms with Crippen LogP contribution in [-0.2, 0) is 0 Å². The molecule has 0 spiro atoms. The van der Waals surface area contributed by atoms with Gasteiger partial charge in [-0.15, -0.1) is 0 Å². The number of carbonyl (C=O) groups is 1. The van der Waals surface area contributed by atoms with Gasteiger partial charge in [-0.1, -0.05) is 17.4 Å². The van der Waals surface area contributed by atoms with Crippen LogP contribution in [0.15, 0.2) is 32.7 Å². The highest BCUT2D eigenvalue weighted by atomic mass is 79.9. The van der Waals surface area contributed by atoms with E-state index < -0.39 is 11.7 Å². The number of carbonyl (C=O) groups excluding carboxylic acids is 1. The maximum Gasteiger partial charge on any atom is 0.258 e. The normalized spacial score (nSPS) is 10.3. The van der Waals surface area contributed by atoms with Gasteiger partial charge in [0.15, 0.2) is 5.13 Å². The first-order chi connectivity index (χ1) is 8.08. The molecular formula is C10H5Br2FN2OS. The fourth-order valence-electron chi connectivity index (χ4n) is 1.16. The van der Waals surface area contributed by atoms with E-state index in [2.05, 4.69) is 42.2 Å². The zero-order valence-corrected chi connectivity index (χ0v) is 12.2. The number of nitrogens with zero attached hydrogens (tertiary/aromatic N) is 1. The topological polar surface area (TPSA) is 42.0 Å². The number of thiazole rings is 1. The van der Waals surface area contributed by atoms with Crippen LogP contribution in [0.5, 0.6) is 0 Å². The molecule has 0 aliphatic heterocycles. The number of hydrogen-bond donors (Lipinski definition) is 1. The monoisotopic (exact) mass is 378 g/mol. The molecule has 17 heavy (non-hydrogen) atoms.